The number of carbonyl (C=O) groups is 1. The molecule has 0 N–H and O–H groups in total. The van der Waals surface area contributed by atoms with Gasteiger partial charge in [-0.1, -0.05) is 6.07 Å². The Hall–Kier alpha value is -1.55. The lowest BCUT2D eigenvalue weighted by Crippen LogP contribution is -2.24. The fourth-order valence-corrected chi connectivity index (χ4v) is 2.64. The predicted octanol–water partition coefficient (Wildman–Crippen LogP) is 2.58. The zero-order chi connectivity index (χ0) is 12.7. The predicted molar refractivity (Wildman–Crippen MR) is 76.2 cm³/mol. The Bertz CT molecular complexity index is 626. The molecule has 2 heterocycles. The van der Waals surface area contributed by atoms with Crippen LogP contribution in [0.25, 0.3) is 10.9 Å². The normalized spacial score (nSPS) is 19.8. The fourth-order valence-electron chi connectivity index (χ4n) is 2.32. The number of rotatable bonds is 1. The number of hydrogen-bond acceptors (Lipinski definition) is 3. The van der Waals surface area contributed by atoms with E-state index in [4.69, 9.17) is 0 Å². The third kappa shape index (κ3) is 1.97. The molecule has 3 rings (SSSR count). The maximum absolute atomic E-state index is 11.8. The maximum atomic E-state index is 11.8. The third-order valence-corrected chi connectivity index (χ3v) is 3.57. The van der Waals surface area contributed by atoms with E-state index in [1.807, 2.05) is 37.3 Å². The molecule has 0 spiro atoms. The summed E-state index contributed by atoms with van der Waals surface area (Å²) >= 11 is 4.37. The molecule has 1 aromatic carbocycles. The summed E-state index contributed by atoms with van der Waals surface area (Å²) in [5.41, 5.74) is 2.91. The topological polar surface area (TPSA) is 33.2 Å². The summed E-state index contributed by atoms with van der Waals surface area (Å²) in [6, 6.07) is 9.97. The minimum Gasteiger partial charge on any atom is -0.311 e. The zero-order valence-corrected chi connectivity index (χ0v) is 11.0. The van der Waals surface area contributed by atoms with E-state index in [2.05, 4.69) is 17.6 Å². The van der Waals surface area contributed by atoms with Crippen LogP contribution in [-0.4, -0.2) is 22.7 Å². The number of pyridine rings is 1. The molecule has 1 atom stereocenters. The molecule has 1 fully saturated rings. The van der Waals surface area contributed by atoms with Crippen LogP contribution in [0, 0.1) is 6.92 Å². The lowest BCUT2D eigenvalue weighted by Gasteiger charge is -2.16. The van der Waals surface area contributed by atoms with Crippen molar-refractivity contribution in [3.8, 4) is 0 Å². The average Bonchev–Trinajstić information content (AvgIpc) is 2.68. The number of nitrogens with zero attached hydrogens (tertiary/aromatic N) is 2. The standard InChI is InChI=1S/C14H14N2OS/c1-9-2-3-10-6-11(4-5-13(10)15-9)16-8-12(18)7-14(16)17/h2-6,12,18H,7-8H2,1H3. The minimum absolute atomic E-state index is 0.143. The molecule has 1 aliphatic rings. The van der Waals surface area contributed by atoms with Crippen LogP contribution in [0.3, 0.4) is 0 Å². The van der Waals surface area contributed by atoms with Crippen molar-refractivity contribution in [1.29, 1.82) is 0 Å². The zero-order valence-electron chi connectivity index (χ0n) is 10.1. The Labute approximate surface area is 111 Å². The van der Waals surface area contributed by atoms with Crippen LogP contribution in [0.5, 0.6) is 0 Å². The van der Waals surface area contributed by atoms with Crippen LogP contribution < -0.4 is 4.90 Å². The molecule has 18 heavy (non-hydrogen) atoms. The largest absolute Gasteiger partial charge is 0.311 e. The van der Waals surface area contributed by atoms with Gasteiger partial charge in [-0.2, -0.15) is 12.6 Å². The van der Waals surface area contributed by atoms with E-state index >= 15 is 0 Å². The summed E-state index contributed by atoms with van der Waals surface area (Å²) in [5, 5.41) is 1.21. The van der Waals surface area contributed by atoms with Gasteiger partial charge in [-0.25, -0.2) is 0 Å². The van der Waals surface area contributed by atoms with Gasteiger partial charge in [0.05, 0.1) is 5.52 Å². The lowest BCUT2D eigenvalue weighted by atomic mass is 10.1. The van der Waals surface area contributed by atoms with Gasteiger partial charge in [0, 0.05) is 35.0 Å². The second-order valence-corrected chi connectivity index (χ2v) is 5.42. The highest BCUT2D eigenvalue weighted by Crippen LogP contribution is 2.26. The van der Waals surface area contributed by atoms with E-state index in [1.165, 1.54) is 0 Å². The Balaban J connectivity index is 2.03. The molecule has 0 aliphatic carbocycles. The van der Waals surface area contributed by atoms with Crippen LogP contribution >= 0.6 is 12.6 Å². The van der Waals surface area contributed by atoms with Gasteiger partial charge >= 0.3 is 0 Å². The van der Waals surface area contributed by atoms with E-state index in [0.29, 0.717) is 13.0 Å². The second kappa shape index (κ2) is 4.28. The number of carbonyl (C=O) groups excluding carboxylic acids is 1. The van der Waals surface area contributed by atoms with E-state index < -0.39 is 0 Å². The van der Waals surface area contributed by atoms with Crippen molar-refractivity contribution in [3.05, 3.63) is 36.0 Å². The molecule has 3 nitrogen and oxygen atoms in total. The smallest absolute Gasteiger partial charge is 0.228 e. The summed E-state index contributed by atoms with van der Waals surface area (Å²) < 4.78 is 0. The van der Waals surface area contributed by atoms with E-state index in [1.54, 1.807) is 4.90 Å². The Kier molecular flexibility index (Phi) is 2.74. The van der Waals surface area contributed by atoms with Gasteiger partial charge in [-0.15, -0.1) is 0 Å². The number of thiol groups is 1. The van der Waals surface area contributed by atoms with Gasteiger partial charge in [-0.05, 0) is 31.2 Å². The summed E-state index contributed by atoms with van der Waals surface area (Å²) in [4.78, 5) is 18.1. The van der Waals surface area contributed by atoms with Gasteiger partial charge in [0.2, 0.25) is 5.91 Å². The Morgan fingerprint density at radius 3 is 2.89 bits per heavy atom. The summed E-state index contributed by atoms with van der Waals surface area (Å²) in [5.74, 6) is 0.148. The van der Waals surface area contributed by atoms with Crippen molar-refractivity contribution in [1.82, 2.24) is 4.98 Å². The summed E-state index contributed by atoms with van der Waals surface area (Å²) in [6.45, 7) is 2.66. The molecule has 0 bridgehead atoms. The van der Waals surface area contributed by atoms with Crippen LogP contribution in [0.1, 0.15) is 12.1 Å². The first-order valence-corrected chi connectivity index (χ1v) is 6.51. The van der Waals surface area contributed by atoms with Crippen LogP contribution in [-0.2, 0) is 4.79 Å². The first-order chi connectivity index (χ1) is 8.63. The van der Waals surface area contributed by atoms with Crippen LogP contribution in [0.2, 0.25) is 0 Å². The molecule has 0 saturated carbocycles. The fraction of sp³-hybridized carbons (Fsp3) is 0.286. The number of aryl methyl sites for hydroxylation is 1. The van der Waals surface area contributed by atoms with E-state index in [0.717, 1.165) is 22.3 Å². The van der Waals surface area contributed by atoms with Gasteiger partial charge in [-0.3, -0.25) is 9.78 Å². The van der Waals surface area contributed by atoms with Gasteiger partial charge in [0.1, 0.15) is 0 Å². The van der Waals surface area contributed by atoms with Crippen molar-refractivity contribution in [3.63, 3.8) is 0 Å². The van der Waals surface area contributed by atoms with Crippen LogP contribution in [0.4, 0.5) is 5.69 Å². The lowest BCUT2D eigenvalue weighted by molar-refractivity contribution is -0.117. The summed E-state index contributed by atoms with van der Waals surface area (Å²) in [6.07, 6.45) is 0.521. The molecule has 4 heteroatoms. The number of amides is 1. The Morgan fingerprint density at radius 2 is 2.17 bits per heavy atom. The molecule has 2 aromatic rings. The van der Waals surface area contributed by atoms with E-state index in [-0.39, 0.29) is 11.2 Å². The highest BCUT2D eigenvalue weighted by molar-refractivity contribution is 7.81. The summed E-state index contributed by atoms with van der Waals surface area (Å²) in [7, 11) is 0. The second-order valence-electron chi connectivity index (χ2n) is 4.69. The molecule has 1 aromatic heterocycles. The molecule has 1 aliphatic heterocycles. The van der Waals surface area contributed by atoms with Gasteiger partial charge in [0.15, 0.2) is 0 Å². The third-order valence-electron chi connectivity index (χ3n) is 3.23. The van der Waals surface area contributed by atoms with Gasteiger partial charge < -0.3 is 4.90 Å². The molecule has 92 valence electrons. The molecular weight excluding hydrogens is 244 g/mol. The highest BCUT2D eigenvalue weighted by Gasteiger charge is 2.28. The quantitative estimate of drug-likeness (QED) is 0.798. The van der Waals surface area contributed by atoms with E-state index in [9.17, 15) is 4.79 Å². The monoisotopic (exact) mass is 258 g/mol. The SMILES string of the molecule is Cc1ccc2cc(N3CC(S)CC3=O)ccc2n1. The van der Waals surface area contributed by atoms with Crippen molar-refractivity contribution in [2.45, 2.75) is 18.6 Å². The highest BCUT2D eigenvalue weighted by atomic mass is 32.1. The van der Waals surface area contributed by atoms with Crippen molar-refractivity contribution < 1.29 is 4.79 Å². The number of fused-ring (bicyclic) bond motifs is 1. The minimum atomic E-state index is 0.143. The molecule has 0 radical (unpaired) electrons. The number of aromatic nitrogens is 1. The van der Waals surface area contributed by atoms with Gasteiger partial charge in [0.25, 0.3) is 0 Å². The number of hydrogen-bond donors (Lipinski definition) is 1. The maximum Gasteiger partial charge on any atom is 0.228 e. The first-order valence-electron chi connectivity index (χ1n) is 5.99. The molecular formula is C14H14N2OS. The Morgan fingerprint density at radius 1 is 1.33 bits per heavy atom. The van der Waals surface area contributed by atoms with Crippen molar-refractivity contribution in [2.24, 2.45) is 0 Å². The molecule has 1 amide bonds. The first kappa shape index (κ1) is 11.5. The van der Waals surface area contributed by atoms with Crippen LogP contribution in [0.15, 0.2) is 30.3 Å². The van der Waals surface area contributed by atoms with Crippen molar-refractivity contribution >= 4 is 35.1 Å². The number of anilines is 1. The molecule has 1 saturated heterocycles. The van der Waals surface area contributed by atoms with Crippen molar-refractivity contribution in [2.75, 3.05) is 11.4 Å². The average molecular weight is 258 g/mol. The number of benzene rings is 1. The molecule has 1 unspecified atom stereocenters.